The van der Waals surface area contributed by atoms with Gasteiger partial charge in [-0.2, -0.15) is 0 Å². The molecule has 0 aliphatic heterocycles. The molecule has 1 aromatic rings. The van der Waals surface area contributed by atoms with Crippen LogP contribution in [0.1, 0.15) is 31.2 Å². The number of sulfonamides is 1. The van der Waals surface area contributed by atoms with Crippen LogP contribution in [0.2, 0.25) is 5.02 Å². The van der Waals surface area contributed by atoms with Gasteiger partial charge in [0.25, 0.3) is 0 Å². The second-order valence-corrected chi connectivity index (χ2v) is 7.35. The maximum Gasteiger partial charge on any atom is 0.218 e. The molecule has 0 heterocycles. The summed E-state index contributed by atoms with van der Waals surface area (Å²) < 4.78 is 39.6. The number of hydrogen-bond acceptors (Lipinski definition) is 2. The monoisotopic (exact) mass is 305 g/mol. The van der Waals surface area contributed by atoms with E-state index in [1.165, 1.54) is 22.5 Å². The maximum absolute atomic E-state index is 13.7. The largest absolute Gasteiger partial charge is 0.218 e. The van der Waals surface area contributed by atoms with E-state index in [2.05, 4.69) is 0 Å². The molecular formula is C13H17ClFNO2S. The third-order valence-corrected chi connectivity index (χ3v) is 5.85. The van der Waals surface area contributed by atoms with Gasteiger partial charge in [0.05, 0.1) is 5.75 Å². The zero-order valence-electron chi connectivity index (χ0n) is 10.8. The molecular weight excluding hydrogens is 289 g/mol. The third-order valence-electron chi connectivity index (χ3n) is 3.67. The van der Waals surface area contributed by atoms with Crippen molar-refractivity contribution in [2.75, 3.05) is 7.05 Å². The summed E-state index contributed by atoms with van der Waals surface area (Å²) in [6.45, 7) is 0. The van der Waals surface area contributed by atoms with E-state index in [1.807, 2.05) is 0 Å². The van der Waals surface area contributed by atoms with E-state index in [4.69, 9.17) is 11.6 Å². The molecule has 0 bridgehead atoms. The Bertz CT molecular complexity index is 536. The SMILES string of the molecule is CN(C1CCCC1)S(=O)(=O)Cc1c(F)cccc1Cl. The van der Waals surface area contributed by atoms with Crippen LogP contribution in [0.15, 0.2) is 18.2 Å². The average molecular weight is 306 g/mol. The van der Waals surface area contributed by atoms with Gasteiger partial charge in [-0.1, -0.05) is 30.5 Å². The van der Waals surface area contributed by atoms with Crippen molar-refractivity contribution in [2.45, 2.75) is 37.5 Å². The van der Waals surface area contributed by atoms with Gasteiger partial charge in [-0.25, -0.2) is 17.1 Å². The summed E-state index contributed by atoms with van der Waals surface area (Å²) in [5.74, 6) is -0.957. The van der Waals surface area contributed by atoms with Crippen molar-refractivity contribution in [3.05, 3.63) is 34.6 Å². The summed E-state index contributed by atoms with van der Waals surface area (Å²) >= 11 is 5.88. The Hall–Kier alpha value is -0.650. The quantitative estimate of drug-likeness (QED) is 0.857. The van der Waals surface area contributed by atoms with Crippen LogP contribution in [0.25, 0.3) is 0 Å². The Kier molecular flexibility index (Phi) is 4.48. The van der Waals surface area contributed by atoms with Crippen molar-refractivity contribution in [1.82, 2.24) is 4.31 Å². The first kappa shape index (κ1) is 14.8. The van der Waals surface area contributed by atoms with Crippen molar-refractivity contribution >= 4 is 21.6 Å². The summed E-state index contributed by atoms with van der Waals surface area (Å²) in [5, 5.41) is 0.156. The Morgan fingerprint density at radius 2 is 2.00 bits per heavy atom. The minimum atomic E-state index is -3.53. The lowest BCUT2D eigenvalue weighted by Crippen LogP contribution is -2.36. The normalized spacial score (nSPS) is 17.3. The van der Waals surface area contributed by atoms with Crippen LogP contribution in [-0.4, -0.2) is 25.8 Å². The zero-order valence-corrected chi connectivity index (χ0v) is 12.3. The summed E-state index contributed by atoms with van der Waals surface area (Å²) in [4.78, 5) is 0. The Morgan fingerprint density at radius 1 is 1.37 bits per heavy atom. The van der Waals surface area contributed by atoms with Crippen LogP contribution < -0.4 is 0 Å². The highest BCUT2D eigenvalue weighted by Crippen LogP contribution is 2.27. The molecule has 0 radical (unpaired) electrons. The molecule has 3 nitrogen and oxygen atoms in total. The predicted octanol–water partition coefficient (Wildman–Crippen LogP) is 3.18. The number of rotatable bonds is 4. The van der Waals surface area contributed by atoms with Gasteiger partial charge in [-0.3, -0.25) is 0 Å². The number of benzene rings is 1. The van der Waals surface area contributed by atoms with Crippen LogP contribution >= 0.6 is 11.6 Å². The van der Waals surface area contributed by atoms with Crippen LogP contribution in [0.4, 0.5) is 4.39 Å². The lowest BCUT2D eigenvalue weighted by molar-refractivity contribution is 0.372. The van der Waals surface area contributed by atoms with E-state index >= 15 is 0 Å². The summed E-state index contributed by atoms with van der Waals surface area (Å²) in [6, 6.07) is 4.24. The molecule has 6 heteroatoms. The topological polar surface area (TPSA) is 37.4 Å². The summed E-state index contributed by atoms with van der Waals surface area (Å²) in [7, 11) is -1.96. The van der Waals surface area contributed by atoms with Crippen LogP contribution in [0.5, 0.6) is 0 Å². The molecule has 1 aromatic carbocycles. The average Bonchev–Trinajstić information content (AvgIpc) is 2.86. The lowest BCUT2D eigenvalue weighted by Gasteiger charge is -2.23. The molecule has 0 amide bonds. The maximum atomic E-state index is 13.7. The van der Waals surface area contributed by atoms with Gasteiger partial charge in [0, 0.05) is 23.7 Å². The van der Waals surface area contributed by atoms with Crippen molar-refractivity contribution < 1.29 is 12.8 Å². The molecule has 0 N–H and O–H groups in total. The molecule has 0 unspecified atom stereocenters. The van der Waals surface area contributed by atoms with Crippen LogP contribution in [-0.2, 0) is 15.8 Å². The Labute approximate surface area is 118 Å². The highest BCUT2D eigenvalue weighted by molar-refractivity contribution is 7.88. The van der Waals surface area contributed by atoms with Crippen molar-refractivity contribution in [1.29, 1.82) is 0 Å². The van der Waals surface area contributed by atoms with Gasteiger partial charge < -0.3 is 0 Å². The Morgan fingerprint density at radius 3 is 2.58 bits per heavy atom. The minimum Gasteiger partial charge on any atom is -0.212 e. The molecule has 106 valence electrons. The van der Waals surface area contributed by atoms with E-state index in [-0.39, 0.29) is 22.4 Å². The first-order valence-corrected chi connectivity index (χ1v) is 8.29. The van der Waals surface area contributed by atoms with Gasteiger partial charge in [0.2, 0.25) is 10.0 Å². The second-order valence-electron chi connectivity index (χ2n) is 4.91. The standard InChI is InChI=1S/C13H17ClFNO2S/c1-16(10-5-2-3-6-10)19(17,18)9-11-12(14)7-4-8-13(11)15/h4,7-8,10H,2-3,5-6,9H2,1H3. The third kappa shape index (κ3) is 3.27. The van der Waals surface area contributed by atoms with Gasteiger partial charge in [0.1, 0.15) is 5.82 Å². The smallest absolute Gasteiger partial charge is 0.212 e. The van der Waals surface area contributed by atoms with E-state index < -0.39 is 15.8 Å². The highest BCUT2D eigenvalue weighted by Gasteiger charge is 2.29. The first-order valence-electron chi connectivity index (χ1n) is 6.30. The highest BCUT2D eigenvalue weighted by atomic mass is 35.5. The lowest BCUT2D eigenvalue weighted by atomic mass is 10.2. The molecule has 0 aromatic heterocycles. The van der Waals surface area contributed by atoms with Gasteiger partial charge in [0.15, 0.2) is 0 Å². The number of nitrogens with zero attached hydrogens (tertiary/aromatic N) is 1. The predicted molar refractivity (Wildman–Crippen MR) is 74.1 cm³/mol. The molecule has 1 aliphatic carbocycles. The van der Waals surface area contributed by atoms with Crippen LogP contribution in [0, 0.1) is 5.82 Å². The van der Waals surface area contributed by atoms with Gasteiger partial charge in [-0.05, 0) is 25.0 Å². The fourth-order valence-electron chi connectivity index (χ4n) is 2.45. The van der Waals surface area contributed by atoms with E-state index in [1.54, 1.807) is 7.05 Å². The molecule has 0 saturated heterocycles. The fraction of sp³-hybridized carbons (Fsp3) is 0.538. The molecule has 19 heavy (non-hydrogen) atoms. The molecule has 2 rings (SSSR count). The molecule has 0 atom stereocenters. The van der Waals surface area contributed by atoms with Crippen LogP contribution in [0.3, 0.4) is 0 Å². The zero-order chi connectivity index (χ0) is 14.0. The van der Waals surface area contributed by atoms with Gasteiger partial charge >= 0.3 is 0 Å². The van der Waals surface area contributed by atoms with Crippen molar-refractivity contribution in [3.8, 4) is 0 Å². The van der Waals surface area contributed by atoms with E-state index in [0.29, 0.717) is 0 Å². The first-order chi connectivity index (χ1) is 8.92. The fourth-order valence-corrected chi connectivity index (χ4v) is 4.29. The second kappa shape index (κ2) is 5.77. The minimum absolute atomic E-state index is 0.0375. The molecule has 0 spiro atoms. The molecule has 1 saturated carbocycles. The summed E-state index contributed by atoms with van der Waals surface area (Å²) in [6.07, 6.45) is 3.84. The number of halogens is 2. The van der Waals surface area contributed by atoms with E-state index in [0.717, 1.165) is 25.7 Å². The molecule has 1 aliphatic rings. The number of hydrogen-bond donors (Lipinski definition) is 0. The summed E-state index contributed by atoms with van der Waals surface area (Å²) in [5.41, 5.74) is 0.0500. The van der Waals surface area contributed by atoms with Crippen molar-refractivity contribution in [3.63, 3.8) is 0 Å². The van der Waals surface area contributed by atoms with Crippen molar-refractivity contribution in [2.24, 2.45) is 0 Å². The van der Waals surface area contributed by atoms with Gasteiger partial charge in [-0.15, -0.1) is 0 Å². The van der Waals surface area contributed by atoms with E-state index in [9.17, 15) is 12.8 Å². The Balaban J connectivity index is 2.21. The molecule has 1 fully saturated rings.